The van der Waals surface area contributed by atoms with Gasteiger partial charge in [0.1, 0.15) is 22.8 Å². The van der Waals surface area contributed by atoms with Crippen LogP contribution in [0.3, 0.4) is 0 Å². The quantitative estimate of drug-likeness (QED) is 0.231. The van der Waals surface area contributed by atoms with Crippen LogP contribution in [0, 0.1) is 11.8 Å². The molecular weight excluding hydrogens is 412 g/mol. The normalized spacial score (nSPS) is 37.3. The van der Waals surface area contributed by atoms with E-state index in [1.165, 1.54) is 19.1 Å². The minimum Gasteiger partial charge on any atom is -0.510 e. The maximum absolute atomic E-state index is 13.2. The summed E-state index contributed by atoms with van der Waals surface area (Å²) in [5.41, 5.74) is 3.60. The molecule has 1 aromatic rings. The summed E-state index contributed by atoms with van der Waals surface area (Å²) in [6.07, 6.45) is -1.94. The predicted octanol–water partition coefficient (Wildman–Crippen LogP) is -1.85. The number of amides is 1. The van der Waals surface area contributed by atoms with Crippen molar-refractivity contribution in [3.63, 3.8) is 0 Å². The molecule has 10 N–H and O–H groups in total. The molecule has 1 aromatic carbocycles. The molecule has 11 nitrogen and oxygen atoms in total. The largest absolute Gasteiger partial charge is 0.510 e. The zero-order chi connectivity index (χ0) is 23.2. The molecule has 0 fully saturated rings. The van der Waals surface area contributed by atoms with Gasteiger partial charge in [0.15, 0.2) is 11.4 Å². The summed E-state index contributed by atoms with van der Waals surface area (Å²) in [5, 5.41) is 65.0. The smallest absolute Gasteiger partial charge is 0.255 e. The van der Waals surface area contributed by atoms with Crippen LogP contribution in [0.5, 0.6) is 5.75 Å². The van der Waals surface area contributed by atoms with E-state index >= 15 is 0 Å². The second-order valence-corrected chi connectivity index (χ2v) is 8.18. The number of fused-ring (bicyclic) bond motifs is 3. The van der Waals surface area contributed by atoms with Crippen LogP contribution < -0.4 is 11.5 Å². The molecule has 0 aromatic heterocycles. The molecule has 3 aliphatic rings. The Kier molecular flexibility index (Phi) is 4.16. The Morgan fingerprint density at radius 2 is 1.74 bits per heavy atom. The number of aromatic hydroxyl groups is 1. The van der Waals surface area contributed by atoms with E-state index in [4.69, 9.17) is 11.5 Å². The van der Waals surface area contributed by atoms with Crippen LogP contribution in [0.1, 0.15) is 22.8 Å². The summed E-state index contributed by atoms with van der Waals surface area (Å²) in [6, 6.07) is 2.11. The Balaban J connectivity index is 2.08. The fourth-order valence-corrected chi connectivity index (χ4v) is 5.11. The summed E-state index contributed by atoms with van der Waals surface area (Å²) in [5.74, 6) is -10.3. The van der Waals surface area contributed by atoms with Gasteiger partial charge in [0, 0.05) is 0 Å². The molecule has 164 valence electrons. The number of hydrogen-bond acceptors (Lipinski definition) is 10. The Labute approximate surface area is 174 Å². The number of rotatable bonds is 1. The van der Waals surface area contributed by atoms with Crippen LogP contribution >= 0.6 is 0 Å². The van der Waals surface area contributed by atoms with E-state index in [0.717, 1.165) is 6.07 Å². The van der Waals surface area contributed by atoms with Gasteiger partial charge in [0.25, 0.3) is 5.91 Å². The summed E-state index contributed by atoms with van der Waals surface area (Å²) in [7, 11) is 0. The first-order valence-corrected chi connectivity index (χ1v) is 9.26. The number of hydrogen-bond donors (Lipinski definition) is 8. The Hall–Kier alpha value is -3.25. The number of carbonyl (C=O) groups excluding carboxylic acids is 3. The first-order chi connectivity index (χ1) is 14.3. The highest BCUT2D eigenvalue weighted by molar-refractivity contribution is 6.25. The molecule has 0 saturated heterocycles. The van der Waals surface area contributed by atoms with E-state index in [-0.39, 0.29) is 11.1 Å². The van der Waals surface area contributed by atoms with Gasteiger partial charge in [-0.05, 0) is 18.6 Å². The minimum atomic E-state index is -3.09. The number of phenolic OH excluding ortho intramolecular Hbond substituents is 1. The van der Waals surface area contributed by atoms with Crippen LogP contribution in [0.4, 0.5) is 0 Å². The zero-order valence-corrected chi connectivity index (χ0v) is 16.1. The first-order valence-electron chi connectivity index (χ1n) is 9.26. The fourth-order valence-electron chi connectivity index (χ4n) is 5.11. The average molecular weight is 432 g/mol. The monoisotopic (exact) mass is 432 g/mol. The van der Waals surface area contributed by atoms with E-state index in [0.29, 0.717) is 0 Å². The van der Waals surface area contributed by atoms with Crippen molar-refractivity contribution in [2.75, 3.05) is 0 Å². The molecule has 11 heteroatoms. The van der Waals surface area contributed by atoms with Gasteiger partial charge in [0.2, 0.25) is 5.78 Å². The van der Waals surface area contributed by atoms with E-state index in [1.54, 1.807) is 0 Å². The van der Waals surface area contributed by atoms with E-state index in [2.05, 4.69) is 0 Å². The number of Topliss-reactive ketones (excluding diaryl/α,β-unsaturated/α-hetero) is 2. The minimum absolute atomic E-state index is 0.0585. The van der Waals surface area contributed by atoms with Gasteiger partial charge < -0.3 is 42.1 Å². The average Bonchev–Trinajstić information content (AvgIpc) is 2.67. The summed E-state index contributed by atoms with van der Waals surface area (Å²) in [4.78, 5) is 37.8. The zero-order valence-electron chi connectivity index (χ0n) is 16.1. The highest BCUT2D eigenvalue weighted by atomic mass is 16.4. The third-order valence-electron chi connectivity index (χ3n) is 6.56. The lowest BCUT2D eigenvalue weighted by molar-refractivity contribution is -0.167. The number of nitrogens with two attached hydrogens (primary N) is 2. The van der Waals surface area contributed by atoms with Crippen molar-refractivity contribution < 1.29 is 45.0 Å². The first kappa shape index (κ1) is 21.0. The van der Waals surface area contributed by atoms with Crippen LogP contribution in [0.2, 0.25) is 0 Å². The Morgan fingerprint density at radius 3 is 2.32 bits per heavy atom. The van der Waals surface area contributed by atoms with Crippen LogP contribution in [0.15, 0.2) is 40.9 Å². The molecule has 0 spiro atoms. The van der Waals surface area contributed by atoms with Crippen LogP contribution in [-0.4, -0.2) is 65.9 Å². The lowest BCUT2D eigenvalue weighted by Crippen LogP contribution is -2.69. The summed E-state index contributed by atoms with van der Waals surface area (Å²) >= 11 is 0. The summed E-state index contributed by atoms with van der Waals surface area (Å²) in [6.45, 7) is 1.21. The molecule has 0 heterocycles. The fraction of sp³-hybridized carbons (Fsp3) is 0.350. The third kappa shape index (κ3) is 2.28. The van der Waals surface area contributed by atoms with Crippen molar-refractivity contribution in [2.45, 2.75) is 30.3 Å². The SMILES string of the molecule is CC1(O)c2cccc(O)c2C(=O)C2=C(O)C3(O)C(=O)C(C(N)=O)=C(O)[C@@H](N)C3C(O)C21. The number of benzene rings is 1. The molecule has 4 rings (SSSR count). The van der Waals surface area contributed by atoms with Gasteiger partial charge >= 0.3 is 0 Å². The molecule has 3 aliphatic carbocycles. The molecule has 31 heavy (non-hydrogen) atoms. The lowest BCUT2D eigenvalue weighted by Gasteiger charge is -2.53. The van der Waals surface area contributed by atoms with Gasteiger partial charge in [-0.25, -0.2) is 0 Å². The van der Waals surface area contributed by atoms with Crippen molar-refractivity contribution in [1.82, 2.24) is 0 Å². The molecular formula is C20H20N2O9. The number of carbonyl (C=O) groups is 3. The van der Waals surface area contributed by atoms with E-state index in [9.17, 15) is 45.0 Å². The van der Waals surface area contributed by atoms with Crippen molar-refractivity contribution >= 4 is 17.5 Å². The molecule has 0 saturated carbocycles. The van der Waals surface area contributed by atoms with E-state index in [1.807, 2.05) is 0 Å². The third-order valence-corrected chi connectivity index (χ3v) is 6.56. The molecule has 0 bridgehead atoms. The number of primary amides is 1. The molecule has 0 aliphatic heterocycles. The van der Waals surface area contributed by atoms with Crippen LogP contribution in [0.25, 0.3) is 0 Å². The summed E-state index contributed by atoms with van der Waals surface area (Å²) < 4.78 is 0. The number of phenols is 1. The maximum Gasteiger partial charge on any atom is 0.255 e. The van der Waals surface area contributed by atoms with Gasteiger partial charge in [-0.15, -0.1) is 0 Å². The van der Waals surface area contributed by atoms with Crippen molar-refractivity contribution in [2.24, 2.45) is 23.3 Å². The molecule has 6 atom stereocenters. The van der Waals surface area contributed by atoms with Gasteiger partial charge in [-0.1, -0.05) is 12.1 Å². The van der Waals surface area contributed by atoms with Crippen molar-refractivity contribution in [3.05, 3.63) is 52.0 Å². The van der Waals surface area contributed by atoms with Crippen molar-refractivity contribution in [1.29, 1.82) is 0 Å². The second-order valence-electron chi connectivity index (χ2n) is 8.18. The second kappa shape index (κ2) is 6.14. The topological polar surface area (TPSA) is 225 Å². The number of aliphatic hydroxyl groups excluding tert-OH is 3. The highest BCUT2D eigenvalue weighted by Gasteiger charge is 2.68. The van der Waals surface area contributed by atoms with Crippen molar-refractivity contribution in [3.8, 4) is 5.75 Å². The molecule has 5 unspecified atom stereocenters. The Morgan fingerprint density at radius 1 is 1.13 bits per heavy atom. The highest BCUT2D eigenvalue weighted by Crippen LogP contribution is 2.55. The predicted molar refractivity (Wildman–Crippen MR) is 101 cm³/mol. The van der Waals surface area contributed by atoms with Gasteiger partial charge in [0.05, 0.1) is 40.7 Å². The Bertz CT molecular complexity index is 1140. The molecule has 1 amide bonds. The van der Waals surface area contributed by atoms with Gasteiger partial charge in [-0.3, -0.25) is 14.4 Å². The molecule has 0 radical (unpaired) electrons. The van der Waals surface area contributed by atoms with Crippen LogP contribution in [-0.2, 0) is 15.2 Å². The number of ketones is 2. The number of aliphatic hydroxyl groups is 5. The van der Waals surface area contributed by atoms with Gasteiger partial charge in [-0.2, -0.15) is 0 Å². The standard InChI is InChI=1S/C20H20N2O9/c1-19(30)5-3-2-4-6(23)7(5)13(24)8-10(19)15(26)11-12(21)14(25)9(18(22)29)17(28)20(11,31)16(8)27/h2-4,10-12,15,23,25-27,30-31H,21H2,1H3,(H2,22,29)/t10?,11?,12-,15?,19?,20?/m0/s1. The maximum atomic E-state index is 13.2. The van der Waals surface area contributed by atoms with E-state index < -0.39 is 81.1 Å². The lowest BCUT2D eigenvalue weighted by atomic mass is 9.54.